The predicted octanol–water partition coefficient (Wildman–Crippen LogP) is 4.59. The molecular formula is C25H26F3N3O2. The van der Waals surface area contributed by atoms with Crippen molar-refractivity contribution in [2.75, 3.05) is 37.6 Å². The van der Waals surface area contributed by atoms with Crippen LogP contribution in [0.25, 0.3) is 0 Å². The first kappa shape index (κ1) is 23.0. The van der Waals surface area contributed by atoms with Gasteiger partial charge in [-0.05, 0) is 43.7 Å². The summed E-state index contributed by atoms with van der Waals surface area (Å²) in [6.45, 7) is 8.17. The van der Waals surface area contributed by atoms with Crippen molar-refractivity contribution < 1.29 is 22.8 Å². The van der Waals surface area contributed by atoms with E-state index < -0.39 is 23.6 Å². The first-order valence-corrected chi connectivity index (χ1v) is 10.9. The lowest BCUT2D eigenvalue weighted by Crippen LogP contribution is -2.47. The summed E-state index contributed by atoms with van der Waals surface area (Å²) >= 11 is 0. The zero-order chi connectivity index (χ0) is 23.8. The Morgan fingerprint density at radius 1 is 0.970 bits per heavy atom. The molecule has 2 aliphatic rings. The summed E-state index contributed by atoms with van der Waals surface area (Å²) in [6, 6.07) is 9.81. The van der Waals surface area contributed by atoms with Crippen LogP contribution in [-0.2, 0) is 12.7 Å². The number of hydrogen-bond donors (Lipinski definition) is 0. The minimum absolute atomic E-state index is 0.0691. The molecule has 0 radical (unpaired) electrons. The van der Waals surface area contributed by atoms with Crippen molar-refractivity contribution in [3.63, 3.8) is 0 Å². The van der Waals surface area contributed by atoms with Gasteiger partial charge >= 0.3 is 6.18 Å². The Morgan fingerprint density at radius 3 is 2.24 bits per heavy atom. The third-order valence-electron chi connectivity index (χ3n) is 6.28. The standard InChI is InChI=1S/C25H26F3N3O2/c1-3-17(2)15-29-11-13-30(14-12-29)21-6-4-5-20-22(21)24(33)31(23(20)32)16-18-7-9-19(10-8-18)25(26,27)28/h3-10H,11-16H2,1-2H3/b17-3+. The van der Waals surface area contributed by atoms with Crippen molar-refractivity contribution >= 4 is 17.5 Å². The van der Waals surface area contributed by atoms with Crippen LogP contribution in [0.5, 0.6) is 0 Å². The normalized spacial score (nSPS) is 17.7. The highest BCUT2D eigenvalue weighted by molar-refractivity contribution is 6.23. The van der Waals surface area contributed by atoms with E-state index in [0.717, 1.165) is 55.4 Å². The first-order valence-electron chi connectivity index (χ1n) is 10.9. The molecule has 0 aliphatic carbocycles. The molecule has 0 N–H and O–H groups in total. The van der Waals surface area contributed by atoms with Crippen molar-refractivity contribution in [1.29, 1.82) is 0 Å². The maximum atomic E-state index is 13.2. The summed E-state index contributed by atoms with van der Waals surface area (Å²) in [5, 5.41) is 0. The van der Waals surface area contributed by atoms with Crippen LogP contribution >= 0.6 is 0 Å². The minimum Gasteiger partial charge on any atom is -0.368 e. The van der Waals surface area contributed by atoms with E-state index >= 15 is 0 Å². The molecule has 4 rings (SSSR count). The summed E-state index contributed by atoms with van der Waals surface area (Å²) in [4.78, 5) is 31.8. The van der Waals surface area contributed by atoms with Gasteiger partial charge in [-0.15, -0.1) is 0 Å². The summed E-state index contributed by atoms with van der Waals surface area (Å²) in [6.07, 6.45) is -2.33. The van der Waals surface area contributed by atoms with Crippen molar-refractivity contribution in [2.45, 2.75) is 26.6 Å². The number of nitrogens with zero attached hydrogens (tertiary/aromatic N) is 3. The van der Waals surface area contributed by atoms with Crippen LogP contribution in [-0.4, -0.2) is 54.3 Å². The Bertz CT molecular complexity index is 1090. The second-order valence-electron chi connectivity index (χ2n) is 8.49. The van der Waals surface area contributed by atoms with E-state index in [1.165, 1.54) is 17.7 Å². The van der Waals surface area contributed by atoms with E-state index in [2.05, 4.69) is 22.8 Å². The number of piperazine rings is 1. The number of alkyl halides is 3. The molecule has 2 aromatic carbocycles. The van der Waals surface area contributed by atoms with Gasteiger partial charge in [0.2, 0.25) is 0 Å². The van der Waals surface area contributed by atoms with Crippen molar-refractivity contribution in [3.05, 3.63) is 76.4 Å². The number of anilines is 1. The molecule has 0 spiro atoms. The molecule has 0 bridgehead atoms. The molecule has 8 heteroatoms. The number of benzene rings is 2. The quantitative estimate of drug-likeness (QED) is 0.487. The van der Waals surface area contributed by atoms with Gasteiger partial charge in [0.15, 0.2) is 0 Å². The Balaban J connectivity index is 1.51. The summed E-state index contributed by atoms with van der Waals surface area (Å²) in [5.74, 6) is -0.822. The molecule has 2 aliphatic heterocycles. The maximum Gasteiger partial charge on any atom is 0.416 e. The zero-order valence-electron chi connectivity index (χ0n) is 18.7. The van der Waals surface area contributed by atoms with E-state index in [1.807, 2.05) is 13.0 Å². The average Bonchev–Trinajstić information content (AvgIpc) is 3.04. The fourth-order valence-electron chi connectivity index (χ4n) is 4.30. The second kappa shape index (κ2) is 9.02. The van der Waals surface area contributed by atoms with Crippen molar-refractivity contribution in [3.8, 4) is 0 Å². The molecule has 0 saturated carbocycles. The Kier molecular flexibility index (Phi) is 6.30. The molecule has 0 aromatic heterocycles. The molecule has 1 saturated heterocycles. The third-order valence-corrected chi connectivity index (χ3v) is 6.28. The average molecular weight is 457 g/mol. The van der Waals surface area contributed by atoms with Crippen LogP contribution in [0.1, 0.15) is 45.7 Å². The topological polar surface area (TPSA) is 43.9 Å². The van der Waals surface area contributed by atoms with E-state index in [4.69, 9.17) is 0 Å². The van der Waals surface area contributed by atoms with Gasteiger partial charge in [0, 0.05) is 32.7 Å². The Morgan fingerprint density at radius 2 is 1.64 bits per heavy atom. The highest BCUT2D eigenvalue weighted by atomic mass is 19.4. The molecule has 0 atom stereocenters. The number of fused-ring (bicyclic) bond motifs is 1. The summed E-state index contributed by atoms with van der Waals surface area (Å²) in [7, 11) is 0. The Hall–Kier alpha value is -3.13. The van der Waals surface area contributed by atoms with E-state index in [1.54, 1.807) is 12.1 Å². The highest BCUT2D eigenvalue weighted by Gasteiger charge is 2.39. The summed E-state index contributed by atoms with van der Waals surface area (Å²) < 4.78 is 38.5. The number of halogens is 3. The molecule has 2 aromatic rings. The van der Waals surface area contributed by atoms with Crippen molar-refractivity contribution in [2.24, 2.45) is 0 Å². The number of imide groups is 1. The number of rotatable bonds is 5. The molecule has 5 nitrogen and oxygen atoms in total. The van der Waals surface area contributed by atoms with Crippen LogP contribution in [0.4, 0.5) is 18.9 Å². The number of carbonyl (C=O) groups is 2. The fraction of sp³-hybridized carbons (Fsp3) is 0.360. The smallest absolute Gasteiger partial charge is 0.368 e. The number of hydrogen-bond acceptors (Lipinski definition) is 4. The molecule has 2 heterocycles. The van der Waals surface area contributed by atoms with Gasteiger partial charge in [0.05, 0.1) is 28.9 Å². The minimum atomic E-state index is -4.43. The van der Waals surface area contributed by atoms with Gasteiger partial charge in [0.25, 0.3) is 11.8 Å². The largest absolute Gasteiger partial charge is 0.416 e. The van der Waals surface area contributed by atoms with Gasteiger partial charge in [0.1, 0.15) is 0 Å². The first-order chi connectivity index (χ1) is 15.7. The van der Waals surface area contributed by atoms with Crippen molar-refractivity contribution in [1.82, 2.24) is 9.80 Å². The van der Waals surface area contributed by atoms with Gasteiger partial charge in [-0.25, -0.2) is 0 Å². The molecular weight excluding hydrogens is 431 g/mol. The van der Waals surface area contributed by atoms with Crippen LogP contribution in [0, 0.1) is 0 Å². The SMILES string of the molecule is C/C=C(\C)CN1CCN(c2cccc3c2C(=O)N(Cc2ccc(C(F)(F)F)cc2)C3=O)CC1. The van der Waals surface area contributed by atoms with Gasteiger partial charge in [-0.1, -0.05) is 29.8 Å². The third kappa shape index (κ3) is 4.66. The van der Waals surface area contributed by atoms with Gasteiger partial charge in [-0.2, -0.15) is 13.2 Å². The molecule has 2 amide bonds. The monoisotopic (exact) mass is 457 g/mol. The zero-order valence-corrected chi connectivity index (χ0v) is 18.7. The van der Waals surface area contributed by atoms with Crippen LogP contribution in [0.2, 0.25) is 0 Å². The summed E-state index contributed by atoms with van der Waals surface area (Å²) in [5.41, 5.74) is 2.47. The van der Waals surface area contributed by atoms with Crippen LogP contribution in [0.3, 0.4) is 0 Å². The lowest BCUT2D eigenvalue weighted by Gasteiger charge is -2.36. The van der Waals surface area contributed by atoms with Crippen LogP contribution < -0.4 is 4.90 Å². The number of amides is 2. The lowest BCUT2D eigenvalue weighted by atomic mass is 10.1. The molecule has 33 heavy (non-hydrogen) atoms. The number of allylic oxidation sites excluding steroid dienone is 1. The Labute approximate surface area is 191 Å². The maximum absolute atomic E-state index is 13.2. The van der Waals surface area contributed by atoms with E-state index in [-0.39, 0.29) is 6.54 Å². The molecule has 0 unspecified atom stereocenters. The molecule has 174 valence electrons. The van der Waals surface area contributed by atoms with Gasteiger partial charge in [-0.3, -0.25) is 19.4 Å². The second-order valence-corrected chi connectivity index (χ2v) is 8.49. The van der Waals surface area contributed by atoms with E-state index in [0.29, 0.717) is 16.7 Å². The van der Waals surface area contributed by atoms with Gasteiger partial charge < -0.3 is 4.90 Å². The highest BCUT2D eigenvalue weighted by Crippen LogP contribution is 2.34. The molecule has 1 fully saturated rings. The lowest BCUT2D eigenvalue weighted by molar-refractivity contribution is -0.137. The fourth-order valence-corrected chi connectivity index (χ4v) is 4.30. The number of carbonyl (C=O) groups excluding carboxylic acids is 2. The predicted molar refractivity (Wildman–Crippen MR) is 120 cm³/mol. The van der Waals surface area contributed by atoms with Crippen LogP contribution in [0.15, 0.2) is 54.1 Å². The van der Waals surface area contributed by atoms with E-state index in [9.17, 15) is 22.8 Å².